The first-order valence-corrected chi connectivity index (χ1v) is 5.84. The molecule has 3 heteroatoms. The Morgan fingerprint density at radius 1 is 1.38 bits per heavy atom. The molecule has 0 aliphatic carbocycles. The summed E-state index contributed by atoms with van der Waals surface area (Å²) in [7, 11) is 1.61. The van der Waals surface area contributed by atoms with Crippen molar-refractivity contribution in [3.8, 4) is 11.5 Å². The molecule has 1 aliphatic rings. The van der Waals surface area contributed by atoms with Crippen LogP contribution in [0.1, 0.15) is 36.4 Å². The number of rotatable bonds is 2. The van der Waals surface area contributed by atoms with Crippen molar-refractivity contribution in [1.29, 1.82) is 0 Å². The van der Waals surface area contributed by atoms with Crippen LogP contribution in [-0.4, -0.2) is 18.8 Å². The maximum absolute atomic E-state index is 9.96. The molecule has 0 amide bonds. The number of hydrogen-bond donors (Lipinski definition) is 2. The maximum atomic E-state index is 9.96. The van der Waals surface area contributed by atoms with E-state index in [1.165, 1.54) is 12.8 Å². The Bertz CT molecular complexity index is 370. The molecule has 0 aromatic heterocycles. The van der Waals surface area contributed by atoms with Gasteiger partial charge in [-0.05, 0) is 31.9 Å². The number of hydrogen-bond acceptors (Lipinski definition) is 3. The largest absolute Gasteiger partial charge is 0.504 e. The highest BCUT2D eigenvalue weighted by molar-refractivity contribution is 5.51. The summed E-state index contributed by atoms with van der Waals surface area (Å²) < 4.78 is 5.32. The van der Waals surface area contributed by atoms with Gasteiger partial charge in [0.05, 0.1) is 7.11 Å². The van der Waals surface area contributed by atoms with Crippen LogP contribution in [0.2, 0.25) is 0 Å². The maximum Gasteiger partial charge on any atom is 0.165 e. The van der Waals surface area contributed by atoms with E-state index in [9.17, 15) is 5.11 Å². The molecule has 88 valence electrons. The SMILES string of the molecule is COc1c(C2CCCCN2)ccc(C)c1O. The van der Waals surface area contributed by atoms with E-state index in [-0.39, 0.29) is 5.75 Å². The van der Waals surface area contributed by atoms with Gasteiger partial charge in [0.15, 0.2) is 11.5 Å². The Morgan fingerprint density at radius 2 is 2.19 bits per heavy atom. The monoisotopic (exact) mass is 221 g/mol. The van der Waals surface area contributed by atoms with E-state index in [0.717, 1.165) is 24.1 Å². The van der Waals surface area contributed by atoms with E-state index < -0.39 is 0 Å². The average Bonchev–Trinajstić information content (AvgIpc) is 2.33. The second-order valence-corrected chi connectivity index (χ2v) is 4.36. The van der Waals surface area contributed by atoms with Crippen molar-refractivity contribution in [2.45, 2.75) is 32.2 Å². The number of phenols is 1. The molecule has 0 bridgehead atoms. The van der Waals surface area contributed by atoms with Crippen LogP contribution in [0, 0.1) is 6.92 Å². The molecule has 1 atom stereocenters. The molecule has 3 nitrogen and oxygen atoms in total. The highest BCUT2D eigenvalue weighted by Gasteiger charge is 2.21. The van der Waals surface area contributed by atoms with Crippen LogP contribution >= 0.6 is 0 Å². The van der Waals surface area contributed by atoms with Gasteiger partial charge in [-0.3, -0.25) is 0 Å². The molecule has 0 radical (unpaired) electrons. The van der Waals surface area contributed by atoms with E-state index in [4.69, 9.17) is 4.74 Å². The second-order valence-electron chi connectivity index (χ2n) is 4.36. The summed E-state index contributed by atoms with van der Waals surface area (Å²) in [6.07, 6.45) is 3.57. The first kappa shape index (κ1) is 11.3. The van der Waals surface area contributed by atoms with Crippen LogP contribution in [0.5, 0.6) is 11.5 Å². The zero-order valence-electron chi connectivity index (χ0n) is 9.92. The lowest BCUT2D eigenvalue weighted by atomic mass is 9.95. The molecule has 0 saturated carbocycles. The van der Waals surface area contributed by atoms with Gasteiger partial charge in [0.25, 0.3) is 0 Å². The fourth-order valence-electron chi connectivity index (χ4n) is 2.29. The van der Waals surface area contributed by atoms with Crippen LogP contribution in [0.4, 0.5) is 0 Å². The van der Waals surface area contributed by atoms with Gasteiger partial charge < -0.3 is 15.2 Å². The Balaban J connectivity index is 2.35. The van der Waals surface area contributed by atoms with Gasteiger partial charge >= 0.3 is 0 Å². The number of benzene rings is 1. The summed E-state index contributed by atoms with van der Waals surface area (Å²) in [5.41, 5.74) is 1.93. The first-order chi connectivity index (χ1) is 7.74. The fourth-order valence-corrected chi connectivity index (χ4v) is 2.29. The first-order valence-electron chi connectivity index (χ1n) is 5.84. The molecule has 1 aromatic rings. The van der Waals surface area contributed by atoms with Crippen LogP contribution in [0.15, 0.2) is 12.1 Å². The molecule has 1 saturated heterocycles. The lowest BCUT2D eigenvalue weighted by Crippen LogP contribution is -2.27. The van der Waals surface area contributed by atoms with Crippen molar-refractivity contribution < 1.29 is 9.84 Å². The number of ether oxygens (including phenoxy) is 1. The Morgan fingerprint density at radius 3 is 2.81 bits per heavy atom. The number of piperidine rings is 1. The van der Waals surface area contributed by atoms with Crippen molar-refractivity contribution in [3.63, 3.8) is 0 Å². The Labute approximate surface area is 96.4 Å². The molecule has 2 N–H and O–H groups in total. The molecule has 1 aromatic carbocycles. The standard InChI is InChI=1S/C13H19NO2/c1-9-6-7-10(13(16-2)12(9)15)11-5-3-4-8-14-11/h6-7,11,14-15H,3-5,8H2,1-2H3. The zero-order valence-corrected chi connectivity index (χ0v) is 9.92. The number of aryl methyl sites for hydroxylation is 1. The van der Waals surface area contributed by atoms with E-state index in [1.54, 1.807) is 7.11 Å². The minimum atomic E-state index is 0.271. The minimum absolute atomic E-state index is 0.271. The van der Waals surface area contributed by atoms with Crippen LogP contribution in [0.3, 0.4) is 0 Å². The molecule has 16 heavy (non-hydrogen) atoms. The van der Waals surface area contributed by atoms with Crippen LogP contribution in [0.25, 0.3) is 0 Å². The van der Waals surface area contributed by atoms with Crippen molar-refractivity contribution in [3.05, 3.63) is 23.3 Å². The molecule has 0 spiro atoms. The summed E-state index contributed by atoms with van der Waals surface area (Å²) in [6, 6.07) is 4.32. The third-order valence-electron chi connectivity index (χ3n) is 3.25. The Hall–Kier alpha value is -1.22. The molecular weight excluding hydrogens is 202 g/mol. The third kappa shape index (κ3) is 2.00. The fraction of sp³-hybridized carbons (Fsp3) is 0.538. The number of nitrogens with one attached hydrogen (secondary N) is 1. The topological polar surface area (TPSA) is 41.5 Å². The highest BCUT2D eigenvalue weighted by atomic mass is 16.5. The highest BCUT2D eigenvalue weighted by Crippen LogP contribution is 2.38. The molecule has 1 fully saturated rings. The average molecular weight is 221 g/mol. The lowest BCUT2D eigenvalue weighted by molar-refractivity contribution is 0.348. The predicted molar refractivity (Wildman–Crippen MR) is 64.0 cm³/mol. The van der Waals surface area contributed by atoms with Crippen molar-refractivity contribution >= 4 is 0 Å². The van der Waals surface area contributed by atoms with Crippen LogP contribution in [-0.2, 0) is 0 Å². The number of phenolic OH excluding ortho intramolecular Hbond substituents is 1. The summed E-state index contributed by atoms with van der Waals surface area (Å²) in [4.78, 5) is 0. The summed E-state index contributed by atoms with van der Waals surface area (Å²) in [5, 5.41) is 13.4. The van der Waals surface area contributed by atoms with E-state index in [2.05, 4.69) is 11.4 Å². The van der Waals surface area contributed by atoms with E-state index >= 15 is 0 Å². The zero-order chi connectivity index (χ0) is 11.5. The van der Waals surface area contributed by atoms with Crippen molar-refractivity contribution in [1.82, 2.24) is 5.32 Å². The molecule has 1 heterocycles. The van der Waals surface area contributed by atoms with E-state index in [1.807, 2.05) is 13.0 Å². The molecular formula is C13H19NO2. The van der Waals surface area contributed by atoms with Gasteiger partial charge in [0.1, 0.15) is 0 Å². The number of aromatic hydroxyl groups is 1. The van der Waals surface area contributed by atoms with E-state index in [0.29, 0.717) is 11.8 Å². The summed E-state index contributed by atoms with van der Waals surface area (Å²) >= 11 is 0. The van der Waals surface area contributed by atoms with Gasteiger partial charge in [-0.15, -0.1) is 0 Å². The Kier molecular flexibility index (Phi) is 3.34. The summed E-state index contributed by atoms with van der Waals surface area (Å²) in [6.45, 7) is 2.93. The van der Waals surface area contributed by atoms with Gasteiger partial charge in [-0.2, -0.15) is 0 Å². The normalized spacial score (nSPS) is 20.8. The second kappa shape index (κ2) is 4.74. The molecule has 1 aliphatic heterocycles. The predicted octanol–water partition coefficient (Wildman–Crippen LogP) is 2.52. The number of methoxy groups -OCH3 is 1. The van der Waals surface area contributed by atoms with Crippen LogP contribution < -0.4 is 10.1 Å². The van der Waals surface area contributed by atoms with Gasteiger partial charge in [0.2, 0.25) is 0 Å². The van der Waals surface area contributed by atoms with Gasteiger partial charge in [-0.25, -0.2) is 0 Å². The smallest absolute Gasteiger partial charge is 0.165 e. The molecule has 2 rings (SSSR count). The van der Waals surface area contributed by atoms with Crippen molar-refractivity contribution in [2.24, 2.45) is 0 Å². The molecule has 1 unspecified atom stereocenters. The van der Waals surface area contributed by atoms with Gasteiger partial charge in [-0.1, -0.05) is 18.6 Å². The summed E-state index contributed by atoms with van der Waals surface area (Å²) in [5.74, 6) is 0.895. The third-order valence-corrected chi connectivity index (χ3v) is 3.25. The van der Waals surface area contributed by atoms with Crippen molar-refractivity contribution in [2.75, 3.05) is 13.7 Å². The van der Waals surface area contributed by atoms with Gasteiger partial charge in [0, 0.05) is 11.6 Å². The quantitative estimate of drug-likeness (QED) is 0.806. The minimum Gasteiger partial charge on any atom is -0.504 e. The lowest BCUT2D eigenvalue weighted by Gasteiger charge is -2.26.